The Morgan fingerprint density at radius 3 is 2.67 bits per heavy atom. The Morgan fingerprint density at radius 2 is 2.33 bits per heavy atom. The zero-order chi connectivity index (χ0) is 6.85. The van der Waals surface area contributed by atoms with E-state index in [1.54, 1.807) is 0 Å². The molecule has 0 saturated heterocycles. The van der Waals surface area contributed by atoms with Crippen LogP contribution in [0, 0.1) is 11.8 Å². The summed E-state index contributed by atoms with van der Waals surface area (Å²) >= 11 is 0. The Labute approximate surface area is 56.1 Å². The molecule has 1 fully saturated rings. The van der Waals surface area contributed by atoms with E-state index in [1.165, 1.54) is 6.42 Å². The molecule has 2 heteroatoms. The summed E-state index contributed by atoms with van der Waals surface area (Å²) in [5.41, 5.74) is 5.24. The van der Waals surface area contributed by atoms with Crippen LogP contribution in [0.15, 0.2) is 0 Å². The lowest BCUT2D eigenvalue weighted by molar-refractivity contribution is 0.164. The van der Waals surface area contributed by atoms with Crippen molar-refractivity contribution in [1.29, 1.82) is 0 Å². The molecule has 0 amide bonds. The van der Waals surface area contributed by atoms with E-state index >= 15 is 0 Å². The predicted octanol–water partition coefficient (Wildman–Crippen LogP) is 0.352. The molecule has 9 heavy (non-hydrogen) atoms. The Morgan fingerprint density at radius 1 is 1.78 bits per heavy atom. The summed E-state index contributed by atoms with van der Waals surface area (Å²) in [5.74, 6) is 1.61. The molecule has 1 aliphatic rings. The van der Waals surface area contributed by atoms with Crippen LogP contribution in [0.4, 0.5) is 0 Å². The summed E-state index contributed by atoms with van der Waals surface area (Å²) in [5, 5.41) is 9.06. The molecule has 1 rings (SSSR count). The maximum absolute atomic E-state index is 9.06. The zero-order valence-electron chi connectivity index (χ0n) is 5.88. The van der Waals surface area contributed by atoms with Gasteiger partial charge in [-0.3, -0.25) is 0 Å². The number of aliphatic hydroxyl groups is 1. The van der Waals surface area contributed by atoms with Crippen molar-refractivity contribution in [3.63, 3.8) is 0 Å². The maximum Gasteiger partial charge on any atom is 0.0665 e. The van der Waals surface area contributed by atoms with Gasteiger partial charge in [0.25, 0.3) is 0 Å². The summed E-state index contributed by atoms with van der Waals surface area (Å²) in [6, 6.07) is 0. The zero-order valence-corrected chi connectivity index (χ0v) is 5.88. The van der Waals surface area contributed by atoms with Crippen molar-refractivity contribution >= 4 is 0 Å². The Kier molecular flexibility index (Phi) is 2.09. The minimum absolute atomic E-state index is 0.250. The molecule has 0 bridgehead atoms. The normalized spacial score (nSPS) is 36.3. The third-order valence-electron chi connectivity index (χ3n) is 2.12. The maximum atomic E-state index is 9.06. The molecule has 0 aromatic heterocycles. The first kappa shape index (κ1) is 7.03. The lowest BCUT2D eigenvalue weighted by Gasteiger charge is -2.04. The number of hydrogen-bond donors (Lipinski definition) is 2. The standard InChI is InChI=1S/C7H15NO/c1-5-2-6(5)3-7(9)4-8/h5-7,9H,2-4,8H2,1H3. The molecule has 1 aliphatic carbocycles. The van der Waals surface area contributed by atoms with Crippen molar-refractivity contribution in [3.05, 3.63) is 0 Å². The summed E-state index contributed by atoms with van der Waals surface area (Å²) in [4.78, 5) is 0. The molecule has 0 aliphatic heterocycles. The van der Waals surface area contributed by atoms with Crippen LogP contribution < -0.4 is 5.73 Å². The fourth-order valence-electron chi connectivity index (χ4n) is 1.17. The van der Waals surface area contributed by atoms with Crippen LogP contribution in [-0.4, -0.2) is 17.8 Å². The largest absolute Gasteiger partial charge is 0.392 e. The van der Waals surface area contributed by atoms with Crippen molar-refractivity contribution in [2.45, 2.75) is 25.9 Å². The van der Waals surface area contributed by atoms with Crippen LogP contribution in [-0.2, 0) is 0 Å². The van der Waals surface area contributed by atoms with Crippen LogP contribution >= 0.6 is 0 Å². The highest BCUT2D eigenvalue weighted by Crippen LogP contribution is 2.40. The highest BCUT2D eigenvalue weighted by Gasteiger charge is 2.33. The molecule has 0 spiro atoms. The average Bonchev–Trinajstić information content (AvgIpc) is 2.47. The molecule has 1 saturated carbocycles. The second-order valence-electron chi connectivity index (χ2n) is 3.10. The smallest absolute Gasteiger partial charge is 0.0665 e. The Hall–Kier alpha value is -0.0800. The summed E-state index contributed by atoms with van der Waals surface area (Å²) in [7, 11) is 0. The number of rotatable bonds is 3. The predicted molar refractivity (Wildman–Crippen MR) is 36.9 cm³/mol. The van der Waals surface area contributed by atoms with Gasteiger partial charge in [0.2, 0.25) is 0 Å². The molecule has 3 atom stereocenters. The summed E-state index contributed by atoms with van der Waals surface area (Å²) < 4.78 is 0. The highest BCUT2D eigenvalue weighted by atomic mass is 16.3. The summed E-state index contributed by atoms with van der Waals surface area (Å²) in [6.45, 7) is 2.64. The second kappa shape index (κ2) is 2.67. The van der Waals surface area contributed by atoms with Crippen molar-refractivity contribution in [3.8, 4) is 0 Å². The van der Waals surface area contributed by atoms with Crippen molar-refractivity contribution in [1.82, 2.24) is 0 Å². The summed E-state index contributed by atoms with van der Waals surface area (Å²) in [6.07, 6.45) is 1.95. The van der Waals surface area contributed by atoms with Gasteiger partial charge in [-0.05, 0) is 24.7 Å². The number of hydrogen-bond acceptors (Lipinski definition) is 2. The molecule has 3 unspecified atom stereocenters. The van der Waals surface area contributed by atoms with E-state index in [0.717, 1.165) is 18.3 Å². The highest BCUT2D eigenvalue weighted by molar-refractivity contribution is 4.84. The first-order chi connectivity index (χ1) is 4.24. The van der Waals surface area contributed by atoms with Crippen molar-refractivity contribution < 1.29 is 5.11 Å². The Balaban J connectivity index is 2.05. The Bertz CT molecular complexity index is 92.9. The average molecular weight is 129 g/mol. The van der Waals surface area contributed by atoms with Gasteiger partial charge < -0.3 is 10.8 Å². The minimum Gasteiger partial charge on any atom is -0.392 e. The van der Waals surface area contributed by atoms with Crippen LogP contribution in [0.1, 0.15) is 19.8 Å². The molecule has 54 valence electrons. The lowest BCUT2D eigenvalue weighted by atomic mass is 10.1. The van der Waals surface area contributed by atoms with Gasteiger partial charge in [-0.2, -0.15) is 0 Å². The molecule has 2 nitrogen and oxygen atoms in total. The van der Waals surface area contributed by atoms with E-state index in [4.69, 9.17) is 10.8 Å². The van der Waals surface area contributed by atoms with Gasteiger partial charge in [-0.15, -0.1) is 0 Å². The van der Waals surface area contributed by atoms with E-state index < -0.39 is 0 Å². The SMILES string of the molecule is CC1CC1CC(O)CN. The van der Waals surface area contributed by atoms with E-state index in [-0.39, 0.29) is 6.10 Å². The van der Waals surface area contributed by atoms with Gasteiger partial charge in [0.15, 0.2) is 0 Å². The quantitative estimate of drug-likeness (QED) is 0.577. The fourth-order valence-corrected chi connectivity index (χ4v) is 1.17. The van der Waals surface area contributed by atoms with Gasteiger partial charge in [0.05, 0.1) is 6.10 Å². The monoisotopic (exact) mass is 129 g/mol. The topological polar surface area (TPSA) is 46.2 Å². The van der Waals surface area contributed by atoms with Crippen LogP contribution in [0.2, 0.25) is 0 Å². The fraction of sp³-hybridized carbons (Fsp3) is 1.00. The minimum atomic E-state index is -0.250. The third-order valence-corrected chi connectivity index (χ3v) is 2.12. The van der Waals surface area contributed by atoms with E-state index in [9.17, 15) is 0 Å². The molecule has 0 aromatic carbocycles. The molecular weight excluding hydrogens is 114 g/mol. The molecule has 3 N–H and O–H groups in total. The lowest BCUT2D eigenvalue weighted by Crippen LogP contribution is -2.20. The molecule has 0 heterocycles. The van der Waals surface area contributed by atoms with Gasteiger partial charge in [0, 0.05) is 6.54 Å². The number of nitrogens with two attached hydrogens (primary N) is 1. The van der Waals surface area contributed by atoms with Crippen LogP contribution in [0.5, 0.6) is 0 Å². The van der Waals surface area contributed by atoms with Gasteiger partial charge in [-0.1, -0.05) is 6.92 Å². The van der Waals surface area contributed by atoms with Crippen molar-refractivity contribution in [2.24, 2.45) is 17.6 Å². The van der Waals surface area contributed by atoms with E-state index in [0.29, 0.717) is 6.54 Å². The van der Waals surface area contributed by atoms with E-state index in [1.807, 2.05) is 0 Å². The van der Waals surface area contributed by atoms with Gasteiger partial charge in [-0.25, -0.2) is 0 Å². The second-order valence-corrected chi connectivity index (χ2v) is 3.10. The molecule has 0 radical (unpaired) electrons. The van der Waals surface area contributed by atoms with Crippen molar-refractivity contribution in [2.75, 3.05) is 6.54 Å². The first-order valence-electron chi connectivity index (χ1n) is 3.62. The van der Waals surface area contributed by atoms with E-state index in [2.05, 4.69) is 6.92 Å². The van der Waals surface area contributed by atoms with Gasteiger partial charge in [0.1, 0.15) is 0 Å². The first-order valence-corrected chi connectivity index (χ1v) is 3.62. The van der Waals surface area contributed by atoms with Crippen LogP contribution in [0.25, 0.3) is 0 Å². The number of aliphatic hydroxyl groups excluding tert-OH is 1. The molecule has 0 aromatic rings. The van der Waals surface area contributed by atoms with Gasteiger partial charge >= 0.3 is 0 Å². The molecular formula is C7H15NO. The van der Waals surface area contributed by atoms with Crippen LogP contribution in [0.3, 0.4) is 0 Å². The third kappa shape index (κ3) is 1.95.